The highest BCUT2D eigenvalue weighted by Crippen LogP contribution is 2.29. The lowest BCUT2D eigenvalue weighted by Crippen LogP contribution is -2.57. The fraction of sp³-hybridized carbons (Fsp3) is 0.933. The molecule has 0 saturated carbocycles. The van der Waals surface area contributed by atoms with Crippen molar-refractivity contribution in [1.29, 1.82) is 0 Å². The van der Waals surface area contributed by atoms with E-state index in [2.05, 4.69) is 10.2 Å². The largest absolute Gasteiger partial charge is 0.356 e. The van der Waals surface area contributed by atoms with E-state index in [1.807, 2.05) is 6.92 Å². The van der Waals surface area contributed by atoms with Crippen molar-refractivity contribution in [2.75, 3.05) is 32.4 Å². The third-order valence-electron chi connectivity index (χ3n) is 4.68. The van der Waals surface area contributed by atoms with Crippen molar-refractivity contribution in [2.45, 2.75) is 51.6 Å². The molecule has 0 bridgehead atoms. The number of hydrogen-bond acceptors (Lipinski definition) is 4. The number of nitrogens with one attached hydrogen (secondary N) is 1. The molecule has 6 nitrogen and oxygen atoms in total. The van der Waals surface area contributed by atoms with Crippen molar-refractivity contribution in [3.8, 4) is 0 Å². The zero-order chi connectivity index (χ0) is 16.2. The van der Waals surface area contributed by atoms with E-state index >= 15 is 0 Å². The molecule has 22 heavy (non-hydrogen) atoms. The number of rotatable bonds is 5. The molecule has 2 aliphatic rings. The zero-order valence-corrected chi connectivity index (χ0v) is 14.6. The van der Waals surface area contributed by atoms with Crippen molar-refractivity contribution in [3.63, 3.8) is 0 Å². The van der Waals surface area contributed by atoms with Gasteiger partial charge in [-0.25, -0.2) is 8.42 Å². The van der Waals surface area contributed by atoms with E-state index in [1.165, 1.54) is 12.7 Å². The highest BCUT2D eigenvalue weighted by molar-refractivity contribution is 7.88. The number of hydrogen-bond donors (Lipinski definition) is 1. The first kappa shape index (κ1) is 17.7. The molecule has 0 aromatic rings. The molecule has 0 radical (unpaired) electrons. The normalized spacial score (nSPS) is 28.5. The minimum absolute atomic E-state index is 0.0727. The summed E-state index contributed by atoms with van der Waals surface area (Å²) < 4.78 is 25.8. The zero-order valence-electron chi connectivity index (χ0n) is 13.8. The summed E-state index contributed by atoms with van der Waals surface area (Å²) in [6.45, 7) is 5.03. The third-order valence-corrected chi connectivity index (χ3v) is 5.96. The van der Waals surface area contributed by atoms with Gasteiger partial charge in [0.25, 0.3) is 0 Å². The molecule has 2 saturated heterocycles. The van der Waals surface area contributed by atoms with E-state index in [0.717, 1.165) is 32.4 Å². The number of amides is 1. The minimum atomic E-state index is -3.23. The molecule has 2 atom stereocenters. The lowest BCUT2D eigenvalue weighted by Gasteiger charge is -2.44. The van der Waals surface area contributed by atoms with Gasteiger partial charge in [0.15, 0.2) is 0 Å². The topological polar surface area (TPSA) is 69.7 Å². The molecule has 2 aliphatic heterocycles. The molecule has 2 fully saturated rings. The molecule has 2 heterocycles. The Morgan fingerprint density at radius 1 is 1.18 bits per heavy atom. The van der Waals surface area contributed by atoms with Crippen LogP contribution in [-0.2, 0) is 14.8 Å². The quantitative estimate of drug-likeness (QED) is 0.816. The van der Waals surface area contributed by atoms with Crippen LogP contribution >= 0.6 is 0 Å². The second-order valence-corrected chi connectivity index (χ2v) is 8.40. The summed E-state index contributed by atoms with van der Waals surface area (Å²) in [5.74, 6) is 0.00786. The summed E-state index contributed by atoms with van der Waals surface area (Å²) in [5, 5.41) is 2.95. The maximum absolute atomic E-state index is 12.2. The average molecular weight is 331 g/mol. The molecule has 2 unspecified atom stereocenters. The van der Waals surface area contributed by atoms with Crippen LogP contribution in [0.25, 0.3) is 0 Å². The van der Waals surface area contributed by atoms with Gasteiger partial charge in [0.1, 0.15) is 0 Å². The molecule has 1 amide bonds. The van der Waals surface area contributed by atoms with Gasteiger partial charge in [-0.05, 0) is 45.2 Å². The summed E-state index contributed by atoms with van der Waals surface area (Å²) in [4.78, 5) is 14.5. The summed E-state index contributed by atoms with van der Waals surface area (Å²) in [5.41, 5.74) is 0. The van der Waals surface area contributed by atoms with E-state index in [-0.39, 0.29) is 18.0 Å². The predicted molar refractivity (Wildman–Crippen MR) is 86.8 cm³/mol. The number of carbonyl (C=O) groups excluding carboxylic acids is 1. The van der Waals surface area contributed by atoms with Gasteiger partial charge < -0.3 is 5.32 Å². The predicted octanol–water partition coefficient (Wildman–Crippen LogP) is 0.996. The Labute approximate surface area is 134 Å². The smallest absolute Gasteiger partial charge is 0.223 e. The highest BCUT2D eigenvalue weighted by Gasteiger charge is 2.39. The van der Waals surface area contributed by atoms with Crippen LogP contribution in [0.1, 0.15) is 45.4 Å². The molecule has 0 spiro atoms. The molecular formula is C15H29N3O3S. The third kappa shape index (κ3) is 4.43. The van der Waals surface area contributed by atoms with Crippen LogP contribution < -0.4 is 5.32 Å². The second-order valence-electron chi connectivity index (χ2n) is 6.46. The lowest BCUT2D eigenvalue weighted by molar-refractivity contribution is -0.127. The first-order valence-electron chi connectivity index (χ1n) is 8.42. The molecule has 128 valence electrons. The van der Waals surface area contributed by atoms with Crippen LogP contribution in [0.15, 0.2) is 0 Å². The Kier molecular flexibility index (Phi) is 6.23. The monoisotopic (exact) mass is 331 g/mol. The van der Waals surface area contributed by atoms with Gasteiger partial charge in [-0.3, -0.25) is 9.69 Å². The summed E-state index contributed by atoms with van der Waals surface area (Å²) >= 11 is 0. The van der Waals surface area contributed by atoms with Crippen molar-refractivity contribution in [2.24, 2.45) is 5.92 Å². The van der Waals surface area contributed by atoms with Gasteiger partial charge in [-0.1, -0.05) is 13.3 Å². The van der Waals surface area contributed by atoms with Crippen molar-refractivity contribution >= 4 is 15.9 Å². The van der Waals surface area contributed by atoms with Gasteiger partial charge in [0, 0.05) is 19.0 Å². The highest BCUT2D eigenvalue weighted by atomic mass is 32.2. The van der Waals surface area contributed by atoms with E-state index < -0.39 is 10.0 Å². The first-order valence-corrected chi connectivity index (χ1v) is 10.3. The lowest BCUT2D eigenvalue weighted by atomic mass is 9.93. The van der Waals surface area contributed by atoms with Crippen molar-refractivity contribution < 1.29 is 13.2 Å². The van der Waals surface area contributed by atoms with Gasteiger partial charge in [-0.2, -0.15) is 4.31 Å². The average Bonchev–Trinajstić information content (AvgIpc) is 2.52. The number of piperidine rings is 2. The minimum Gasteiger partial charge on any atom is -0.356 e. The van der Waals surface area contributed by atoms with Gasteiger partial charge in [-0.15, -0.1) is 0 Å². The standard InChI is InChI=1S/C15H29N3O3S/c1-3-8-16-15(19)13-7-11-18(22(2,20)21)14(12-13)17-9-5-4-6-10-17/h13-14H,3-12H2,1-2H3,(H,16,19). The Morgan fingerprint density at radius 2 is 1.86 bits per heavy atom. The van der Waals surface area contributed by atoms with Crippen LogP contribution in [0.3, 0.4) is 0 Å². The van der Waals surface area contributed by atoms with Crippen LogP contribution in [0.2, 0.25) is 0 Å². The molecule has 0 aromatic heterocycles. The fourth-order valence-electron chi connectivity index (χ4n) is 3.49. The molecule has 0 aromatic carbocycles. The maximum atomic E-state index is 12.2. The van der Waals surface area contributed by atoms with Gasteiger partial charge in [0.2, 0.25) is 15.9 Å². The van der Waals surface area contributed by atoms with Crippen molar-refractivity contribution in [3.05, 3.63) is 0 Å². The Bertz CT molecular complexity index is 474. The Hall–Kier alpha value is -0.660. The van der Waals surface area contributed by atoms with Crippen LogP contribution in [0.4, 0.5) is 0 Å². The molecule has 2 rings (SSSR count). The van der Waals surface area contributed by atoms with Crippen molar-refractivity contribution in [1.82, 2.24) is 14.5 Å². The summed E-state index contributed by atoms with van der Waals surface area (Å²) in [6.07, 6.45) is 6.71. The summed E-state index contributed by atoms with van der Waals surface area (Å²) in [7, 11) is -3.23. The van der Waals surface area contributed by atoms with Crippen LogP contribution in [-0.4, -0.2) is 62.1 Å². The maximum Gasteiger partial charge on any atom is 0.223 e. The van der Waals surface area contributed by atoms with E-state index in [4.69, 9.17) is 0 Å². The van der Waals surface area contributed by atoms with Gasteiger partial charge >= 0.3 is 0 Å². The fourth-order valence-corrected chi connectivity index (χ4v) is 4.59. The van der Waals surface area contributed by atoms with Crippen LogP contribution in [0.5, 0.6) is 0 Å². The van der Waals surface area contributed by atoms with E-state index in [0.29, 0.717) is 25.9 Å². The summed E-state index contributed by atoms with van der Waals surface area (Å²) in [6, 6.07) is 0. The van der Waals surface area contributed by atoms with Gasteiger partial charge in [0.05, 0.1) is 12.4 Å². The molecule has 7 heteroatoms. The number of nitrogens with zero attached hydrogens (tertiary/aromatic N) is 2. The van der Waals surface area contributed by atoms with Crippen LogP contribution in [0, 0.1) is 5.92 Å². The SMILES string of the molecule is CCCNC(=O)C1CCN(S(C)(=O)=O)C(N2CCCCC2)C1. The van der Waals surface area contributed by atoms with E-state index in [1.54, 1.807) is 4.31 Å². The number of sulfonamides is 1. The molecule has 0 aliphatic carbocycles. The second kappa shape index (κ2) is 7.75. The molecular weight excluding hydrogens is 302 g/mol. The Balaban J connectivity index is 2.08. The molecule has 1 N–H and O–H groups in total. The first-order chi connectivity index (χ1) is 10.4. The number of likely N-dealkylation sites (tertiary alicyclic amines) is 1. The number of carbonyl (C=O) groups is 1. The van der Waals surface area contributed by atoms with E-state index in [9.17, 15) is 13.2 Å². The Morgan fingerprint density at radius 3 is 2.45 bits per heavy atom.